The van der Waals surface area contributed by atoms with Gasteiger partial charge in [0.25, 0.3) is 0 Å². The molecule has 1 aromatic carbocycles. The van der Waals surface area contributed by atoms with Crippen LogP contribution in [0.1, 0.15) is 22.0 Å². The van der Waals surface area contributed by atoms with Crippen molar-refractivity contribution < 1.29 is 14.2 Å². The summed E-state index contributed by atoms with van der Waals surface area (Å²) in [6.45, 7) is 2.17. The second-order valence-electron chi connectivity index (χ2n) is 5.99. The standard InChI is InChI=1S/C19H24N2O3S2/c1-22-9-7-20-19(25)21-8-6-13-11-15(23-2)16(24-3)12-14(13)18(21)17-5-4-10-26-17/h4-5,10-12,18H,6-9H2,1-3H3,(H,20,25). The second kappa shape index (κ2) is 8.70. The van der Waals surface area contributed by atoms with Crippen LogP contribution in [-0.4, -0.2) is 51.0 Å². The topological polar surface area (TPSA) is 43.0 Å². The predicted molar refractivity (Wildman–Crippen MR) is 109 cm³/mol. The van der Waals surface area contributed by atoms with E-state index in [1.165, 1.54) is 16.0 Å². The van der Waals surface area contributed by atoms with Gasteiger partial charge in [0, 0.05) is 25.1 Å². The van der Waals surface area contributed by atoms with E-state index in [1.807, 2.05) is 0 Å². The zero-order chi connectivity index (χ0) is 18.5. The molecule has 1 unspecified atom stereocenters. The molecular weight excluding hydrogens is 368 g/mol. The van der Waals surface area contributed by atoms with E-state index in [1.54, 1.807) is 32.7 Å². The summed E-state index contributed by atoms with van der Waals surface area (Å²) in [6.07, 6.45) is 0.906. The first kappa shape index (κ1) is 18.9. The first-order chi connectivity index (χ1) is 12.7. The maximum absolute atomic E-state index is 5.69. The Labute approximate surface area is 163 Å². The summed E-state index contributed by atoms with van der Waals surface area (Å²) in [6, 6.07) is 8.48. The van der Waals surface area contributed by atoms with Crippen LogP contribution in [0.4, 0.5) is 0 Å². The molecule has 0 amide bonds. The highest BCUT2D eigenvalue weighted by Crippen LogP contribution is 2.42. The van der Waals surface area contributed by atoms with E-state index >= 15 is 0 Å². The molecule has 0 fully saturated rings. The van der Waals surface area contributed by atoms with Crippen molar-refractivity contribution in [1.82, 2.24) is 10.2 Å². The third-order valence-electron chi connectivity index (χ3n) is 4.53. The van der Waals surface area contributed by atoms with E-state index in [9.17, 15) is 0 Å². The van der Waals surface area contributed by atoms with Crippen molar-refractivity contribution in [3.63, 3.8) is 0 Å². The Morgan fingerprint density at radius 2 is 2.04 bits per heavy atom. The molecule has 0 aliphatic carbocycles. The quantitative estimate of drug-likeness (QED) is 0.601. The molecule has 140 valence electrons. The smallest absolute Gasteiger partial charge is 0.169 e. The minimum Gasteiger partial charge on any atom is -0.493 e. The number of fused-ring (bicyclic) bond motifs is 1. The van der Waals surface area contributed by atoms with Crippen molar-refractivity contribution in [3.8, 4) is 11.5 Å². The third kappa shape index (κ3) is 3.79. The van der Waals surface area contributed by atoms with E-state index in [-0.39, 0.29) is 6.04 Å². The van der Waals surface area contributed by atoms with Gasteiger partial charge in [-0.2, -0.15) is 0 Å². The summed E-state index contributed by atoms with van der Waals surface area (Å²) in [5.74, 6) is 1.51. The molecule has 1 aliphatic rings. The van der Waals surface area contributed by atoms with Crippen LogP contribution >= 0.6 is 23.6 Å². The number of ether oxygens (including phenoxy) is 3. The molecule has 0 radical (unpaired) electrons. The second-order valence-corrected chi connectivity index (χ2v) is 7.36. The summed E-state index contributed by atoms with van der Waals surface area (Å²) in [5.41, 5.74) is 2.49. The van der Waals surface area contributed by atoms with Crippen LogP contribution in [0.2, 0.25) is 0 Å². The first-order valence-electron chi connectivity index (χ1n) is 8.51. The van der Waals surface area contributed by atoms with Gasteiger partial charge in [-0.15, -0.1) is 11.3 Å². The van der Waals surface area contributed by atoms with Gasteiger partial charge in [0.2, 0.25) is 0 Å². The average molecular weight is 393 g/mol. The van der Waals surface area contributed by atoms with Gasteiger partial charge in [-0.05, 0) is 53.3 Å². The van der Waals surface area contributed by atoms with Crippen LogP contribution in [-0.2, 0) is 11.2 Å². The molecular formula is C19H24N2O3S2. The molecule has 0 spiro atoms. The summed E-state index contributed by atoms with van der Waals surface area (Å²) in [4.78, 5) is 3.51. The SMILES string of the molecule is COCCNC(=S)N1CCc2cc(OC)c(OC)cc2C1c1cccs1. The lowest BCUT2D eigenvalue weighted by Gasteiger charge is -2.39. The zero-order valence-corrected chi connectivity index (χ0v) is 16.9. The van der Waals surface area contributed by atoms with Gasteiger partial charge in [-0.3, -0.25) is 0 Å². The first-order valence-corrected chi connectivity index (χ1v) is 9.80. The summed E-state index contributed by atoms with van der Waals surface area (Å²) in [5, 5.41) is 6.16. The Kier molecular flexibility index (Phi) is 6.34. The van der Waals surface area contributed by atoms with E-state index in [0.29, 0.717) is 13.2 Å². The van der Waals surface area contributed by atoms with Crippen molar-refractivity contribution in [3.05, 3.63) is 45.6 Å². The highest BCUT2D eigenvalue weighted by molar-refractivity contribution is 7.80. The van der Waals surface area contributed by atoms with Gasteiger partial charge in [0.15, 0.2) is 16.6 Å². The number of benzene rings is 1. The number of methoxy groups -OCH3 is 3. The summed E-state index contributed by atoms with van der Waals surface area (Å²) < 4.78 is 16.1. The Balaban J connectivity index is 1.98. The molecule has 2 heterocycles. The van der Waals surface area contributed by atoms with Crippen LogP contribution in [0.5, 0.6) is 11.5 Å². The summed E-state index contributed by atoms with van der Waals surface area (Å²) in [7, 11) is 5.03. The van der Waals surface area contributed by atoms with Crippen LogP contribution in [0.15, 0.2) is 29.6 Å². The van der Waals surface area contributed by atoms with Crippen LogP contribution < -0.4 is 14.8 Å². The molecule has 0 saturated carbocycles. The van der Waals surface area contributed by atoms with Crippen LogP contribution in [0.25, 0.3) is 0 Å². The lowest BCUT2D eigenvalue weighted by atomic mass is 9.91. The Morgan fingerprint density at radius 3 is 2.69 bits per heavy atom. The van der Waals surface area contributed by atoms with Gasteiger partial charge in [0.05, 0.1) is 26.9 Å². The zero-order valence-electron chi connectivity index (χ0n) is 15.3. The van der Waals surface area contributed by atoms with Gasteiger partial charge < -0.3 is 24.4 Å². The van der Waals surface area contributed by atoms with Crippen molar-refractivity contribution in [2.75, 3.05) is 41.0 Å². The average Bonchev–Trinajstić information content (AvgIpc) is 3.20. The molecule has 2 aromatic rings. The Morgan fingerprint density at radius 1 is 1.27 bits per heavy atom. The van der Waals surface area contributed by atoms with E-state index in [0.717, 1.165) is 29.6 Å². The van der Waals surface area contributed by atoms with Crippen molar-refractivity contribution in [2.45, 2.75) is 12.5 Å². The largest absolute Gasteiger partial charge is 0.493 e. The molecule has 5 nitrogen and oxygen atoms in total. The number of nitrogens with zero attached hydrogens (tertiary/aromatic N) is 1. The maximum Gasteiger partial charge on any atom is 0.169 e. The van der Waals surface area contributed by atoms with Crippen LogP contribution in [0.3, 0.4) is 0 Å². The normalized spacial score (nSPS) is 16.1. The third-order valence-corrected chi connectivity index (χ3v) is 5.83. The molecule has 1 aliphatic heterocycles. The van der Waals surface area contributed by atoms with Gasteiger partial charge >= 0.3 is 0 Å². The fourth-order valence-corrected chi connectivity index (χ4v) is 4.43. The number of hydrogen-bond acceptors (Lipinski definition) is 5. The number of hydrogen-bond donors (Lipinski definition) is 1. The monoisotopic (exact) mass is 392 g/mol. The lowest BCUT2D eigenvalue weighted by Crippen LogP contribution is -2.46. The van der Waals surface area contributed by atoms with E-state index in [2.05, 4.69) is 39.9 Å². The van der Waals surface area contributed by atoms with E-state index < -0.39 is 0 Å². The maximum atomic E-state index is 5.69. The molecule has 1 atom stereocenters. The fourth-order valence-electron chi connectivity index (χ4n) is 3.28. The molecule has 26 heavy (non-hydrogen) atoms. The van der Waals surface area contributed by atoms with Crippen molar-refractivity contribution in [2.24, 2.45) is 0 Å². The number of thiocarbonyl (C=S) groups is 1. The van der Waals surface area contributed by atoms with Gasteiger partial charge in [0.1, 0.15) is 0 Å². The molecule has 3 rings (SSSR count). The van der Waals surface area contributed by atoms with Crippen molar-refractivity contribution >= 4 is 28.7 Å². The summed E-state index contributed by atoms with van der Waals surface area (Å²) >= 11 is 7.43. The number of rotatable bonds is 6. The fraction of sp³-hybridized carbons (Fsp3) is 0.421. The van der Waals surface area contributed by atoms with E-state index in [4.69, 9.17) is 26.4 Å². The predicted octanol–water partition coefficient (Wildman–Crippen LogP) is 3.23. The Bertz CT molecular complexity index is 749. The number of thiophene rings is 1. The van der Waals surface area contributed by atoms with Crippen molar-refractivity contribution in [1.29, 1.82) is 0 Å². The molecule has 1 N–H and O–H groups in total. The lowest BCUT2D eigenvalue weighted by molar-refractivity contribution is 0.202. The molecule has 1 aromatic heterocycles. The highest BCUT2D eigenvalue weighted by atomic mass is 32.1. The molecule has 7 heteroatoms. The molecule has 0 bridgehead atoms. The molecule has 0 saturated heterocycles. The van der Waals surface area contributed by atoms with Gasteiger partial charge in [-0.1, -0.05) is 6.07 Å². The Hall–Kier alpha value is -1.83. The number of nitrogens with one attached hydrogen (secondary N) is 1. The highest BCUT2D eigenvalue weighted by Gasteiger charge is 2.32. The van der Waals surface area contributed by atoms with Gasteiger partial charge in [-0.25, -0.2) is 0 Å². The minimum atomic E-state index is 0.0705. The van der Waals surface area contributed by atoms with Crippen LogP contribution in [0, 0.1) is 0 Å². The minimum absolute atomic E-state index is 0.0705.